The van der Waals surface area contributed by atoms with Crippen LogP contribution in [0, 0.1) is 11.3 Å². The summed E-state index contributed by atoms with van der Waals surface area (Å²) in [5.41, 5.74) is 1.52. The van der Waals surface area contributed by atoms with Crippen molar-refractivity contribution in [2.75, 3.05) is 49.1 Å². The average molecular weight is 432 g/mol. The van der Waals surface area contributed by atoms with E-state index in [9.17, 15) is 8.42 Å². The Bertz CT molecular complexity index is 1010. The highest BCUT2D eigenvalue weighted by Crippen LogP contribution is 2.40. The normalized spacial score (nSPS) is 14.1. The number of ether oxygens (including phenoxy) is 3. The number of hydrogen-bond acceptors (Lipinski definition) is 7. The summed E-state index contributed by atoms with van der Waals surface area (Å²) in [6, 6.07) is 11.1. The van der Waals surface area contributed by atoms with Crippen LogP contribution in [0.25, 0.3) is 0 Å². The fourth-order valence-electron chi connectivity index (χ4n) is 3.14. The van der Waals surface area contributed by atoms with Crippen LogP contribution in [-0.2, 0) is 14.8 Å². The first-order valence-corrected chi connectivity index (χ1v) is 11.3. The van der Waals surface area contributed by atoms with Crippen molar-refractivity contribution in [3.05, 3.63) is 42.0 Å². The minimum atomic E-state index is -3.88. The lowest BCUT2D eigenvalue weighted by Crippen LogP contribution is -2.36. The molecule has 1 heterocycles. The molecule has 1 aliphatic heterocycles. The number of hydrogen-bond donors (Lipinski definition) is 1. The zero-order valence-corrected chi connectivity index (χ0v) is 17.9. The molecule has 0 unspecified atom stereocenters. The summed E-state index contributed by atoms with van der Waals surface area (Å²) in [5.74, 6) is 0.986. The summed E-state index contributed by atoms with van der Waals surface area (Å²) in [6.07, 6.45) is 0. The second-order valence-electron chi connectivity index (χ2n) is 6.52. The van der Waals surface area contributed by atoms with Crippen molar-refractivity contribution in [1.29, 1.82) is 5.26 Å². The van der Waals surface area contributed by atoms with E-state index in [2.05, 4.69) is 9.62 Å². The van der Waals surface area contributed by atoms with E-state index in [1.165, 1.54) is 24.3 Å². The molecule has 9 heteroatoms. The number of nitrogens with one attached hydrogen (secondary N) is 1. The van der Waals surface area contributed by atoms with E-state index in [1.54, 1.807) is 12.1 Å². The van der Waals surface area contributed by atoms with E-state index < -0.39 is 10.0 Å². The maximum atomic E-state index is 12.9. The Morgan fingerprint density at radius 1 is 1.07 bits per heavy atom. The van der Waals surface area contributed by atoms with Crippen molar-refractivity contribution in [3.63, 3.8) is 0 Å². The van der Waals surface area contributed by atoms with Crippen molar-refractivity contribution in [2.45, 2.75) is 18.7 Å². The van der Waals surface area contributed by atoms with Crippen molar-refractivity contribution in [1.82, 2.24) is 0 Å². The molecule has 3 rings (SSSR count). The van der Waals surface area contributed by atoms with E-state index in [0.717, 1.165) is 5.69 Å². The first-order chi connectivity index (χ1) is 14.5. The van der Waals surface area contributed by atoms with Crippen LogP contribution in [0.4, 0.5) is 11.4 Å². The number of morpholine rings is 1. The molecule has 0 atom stereocenters. The van der Waals surface area contributed by atoms with E-state index in [0.29, 0.717) is 62.3 Å². The molecule has 0 bridgehead atoms. The minimum Gasteiger partial charge on any atom is -0.492 e. The highest BCUT2D eigenvalue weighted by molar-refractivity contribution is 7.92. The van der Waals surface area contributed by atoms with Crippen LogP contribution in [0.5, 0.6) is 11.5 Å². The van der Waals surface area contributed by atoms with Gasteiger partial charge in [0.05, 0.1) is 54.3 Å². The Hall–Kier alpha value is -2.96. The van der Waals surface area contributed by atoms with Crippen molar-refractivity contribution in [2.24, 2.45) is 0 Å². The lowest BCUT2D eigenvalue weighted by atomic mass is 10.2. The highest BCUT2D eigenvalue weighted by Gasteiger charge is 2.22. The van der Waals surface area contributed by atoms with Gasteiger partial charge in [-0.05, 0) is 38.1 Å². The number of nitriles is 1. The van der Waals surface area contributed by atoms with Crippen LogP contribution in [-0.4, -0.2) is 47.9 Å². The van der Waals surface area contributed by atoms with Crippen LogP contribution in [0.1, 0.15) is 19.4 Å². The molecule has 1 aliphatic rings. The van der Waals surface area contributed by atoms with Crippen molar-refractivity contribution < 1.29 is 22.6 Å². The maximum Gasteiger partial charge on any atom is 0.262 e. The molecule has 1 fully saturated rings. The van der Waals surface area contributed by atoms with Gasteiger partial charge < -0.3 is 19.1 Å². The molecule has 2 aromatic carbocycles. The predicted molar refractivity (Wildman–Crippen MR) is 114 cm³/mol. The largest absolute Gasteiger partial charge is 0.492 e. The molecule has 0 aromatic heterocycles. The number of anilines is 2. The number of rotatable bonds is 8. The van der Waals surface area contributed by atoms with Gasteiger partial charge in [-0.2, -0.15) is 5.26 Å². The average Bonchev–Trinajstić information content (AvgIpc) is 2.76. The number of benzene rings is 2. The van der Waals surface area contributed by atoms with Gasteiger partial charge in [-0.25, -0.2) is 8.42 Å². The van der Waals surface area contributed by atoms with Crippen LogP contribution >= 0.6 is 0 Å². The fraction of sp³-hybridized carbons (Fsp3) is 0.381. The smallest absolute Gasteiger partial charge is 0.262 e. The molecule has 0 spiro atoms. The van der Waals surface area contributed by atoms with Gasteiger partial charge >= 0.3 is 0 Å². The first kappa shape index (κ1) is 21.7. The molecular weight excluding hydrogens is 406 g/mol. The second-order valence-corrected chi connectivity index (χ2v) is 8.21. The zero-order valence-electron chi connectivity index (χ0n) is 17.1. The van der Waals surface area contributed by atoms with Gasteiger partial charge in [0, 0.05) is 25.2 Å². The van der Waals surface area contributed by atoms with Gasteiger partial charge in [0.1, 0.15) is 11.5 Å². The third kappa shape index (κ3) is 4.96. The zero-order chi connectivity index (χ0) is 21.6. The lowest BCUT2D eigenvalue weighted by Gasteiger charge is -2.31. The topological polar surface area (TPSA) is 101 Å². The van der Waals surface area contributed by atoms with Gasteiger partial charge in [0.2, 0.25) is 0 Å². The Balaban J connectivity index is 1.99. The maximum absolute atomic E-state index is 12.9. The van der Waals surface area contributed by atoms with Gasteiger partial charge in [-0.15, -0.1) is 0 Å². The minimum absolute atomic E-state index is 0.0548. The third-order valence-corrected chi connectivity index (χ3v) is 5.93. The third-order valence-electron chi connectivity index (χ3n) is 4.55. The molecule has 8 nitrogen and oxygen atoms in total. The summed E-state index contributed by atoms with van der Waals surface area (Å²) in [4.78, 5) is 2.19. The molecule has 0 amide bonds. The Morgan fingerprint density at radius 2 is 1.70 bits per heavy atom. The molecule has 30 heavy (non-hydrogen) atoms. The SMILES string of the molecule is CCOc1cc(N2CCOCC2)c(OCC)cc1NS(=O)(=O)c1ccc(C#N)cc1. The molecule has 160 valence electrons. The molecule has 1 saturated heterocycles. The monoisotopic (exact) mass is 431 g/mol. The number of sulfonamides is 1. The summed E-state index contributed by atoms with van der Waals surface area (Å²) >= 11 is 0. The van der Waals surface area contributed by atoms with Crippen LogP contribution in [0.2, 0.25) is 0 Å². The summed E-state index contributed by atoms with van der Waals surface area (Å²) < 4.78 is 45.4. The Labute approximate surface area is 177 Å². The summed E-state index contributed by atoms with van der Waals surface area (Å²) in [6.45, 7) is 7.17. The highest BCUT2D eigenvalue weighted by atomic mass is 32.2. The summed E-state index contributed by atoms with van der Waals surface area (Å²) in [5, 5.41) is 8.92. The standard InChI is InChI=1S/C21H25N3O5S/c1-3-28-20-14-19(24-9-11-27-12-10-24)21(29-4-2)13-18(20)23-30(25,26)17-7-5-16(15-22)6-8-17/h5-8,13-14,23H,3-4,9-12H2,1-2H3. The summed E-state index contributed by atoms with van der Waals surface area (Å²) in [7, 11) is -3.88. The van der Waals surface area contributed by atoms with Crippen LogP contribution in [0.15, 0.2) is 41.3 Å². The molecule has 0 aliphatic carbocycles. The van der Waals surface area contributed by atoms with Crippen molar-refractivity contribution >= 4 is 21.4 Å². The van der Waals surface area contributed by atoms with Gasteiger partial charge in [0.15, 0.2) is 0 Å². The molecule has 2 aromatic rings. The Morgan fingerprint density at radius 3 is 2.30 bits per heavy atom. The van der Waals surface area contributed by atoms with Gasteiger partial charge in [-0.1, -0.05) is 0 Å². The van der Waals surface area contributed by atoms with E-state index in [-0.39, 0.29) is 4.90 Å². The predicted octanol–water partition coefficient (Wildman–Crippen LogP) is 2.99. The molecule has 1 N–H and O–H groups in total. The van der Waals surface area contributed by atoms with E-state index >= 15 is 0 Å². The lowest BCUT2D eigenvalue weighted by molar-refractivity contribution is 0.122. The Kier molecular flexibility index (Phi) is 7.03. The van der Waals surface area contributed by atoms with Crippen LogP contribution < -0.4 is 19.1 Å². The quantitative estimate of drug-likeness (QED) is 0.686. The van der Waals surface area contributed by atoms with Crippen molar-refractivity contribution in [3.8, 4) is 17.6 Å². The van der Waals surface area contributed by atoms with E-state index in [4.69, 9.17) is 19.5 Å². The van der Waals surface area contributed by atoms with E-state index in [1.807, 2.05) is 19.9 Å². The molecular formula is C21H25N3O5S. The van der Waals surface area contributed by atoms with Gasteiger partial charge in [-0.3, -0.25) is 4.72 Å². The number of nitrogens with zero attached hydrogens (tertiary/aromatic N) is 2. The first-order valence-electron chi connectivity index (χ1n) is 9.77. The molecule has 0 saturated carbocycles. The fourth-order valence-corrected chi connectivity index (χ4v) is 4.20. The second kappa shape index (κ2) is 9.69. The molecule has 0 radical (unpaired) electrons. The van der Waals surface area contributed by atoms with Gasteiger partial charge in [0.25, 0.3) is 10.0 Å². The van der Waals surface area contributed by atoms with Crippen LogP contribution in [0.3, 0.4) is 0 Å².